The molecule has 5 rings (SSSR count). The minimum absolute atomic E-state index is 0.104. The van der Waals surface area contributed by atoms with E-state index in [1.165, 1.54) is 29.5 Å². The Morgan fingerprint density at radius 3 is 2.69 bits per heavy atom. The highest BCUT2D eigenvalue weighted by molar-refractivity contribution is 5.80. The molecule has 36 heavy (non-hydrogen) atoms. The number of hydrogen-bond donors (Lipinski definition) is 0. The van der Waals surface area contributed by atoms with Crippen LogP contribution < -0.4 is 9.64 Å². The van der Waals surface area contributed by atoms with Crippen LogP contribution in [0.1, 0.15) is 73.8 Å². The summed E-state index contributed by atoms with van der Waals surface area (Å²) < 4.78 is 11.6. The van der Waals surface area contributed by atoms with Crippen molar-refractivity contribution in [2.75, 3.05) is 31.6 Å². The van der Waals surface area contributed by atoms with Crippen molar-refractivity contribution in [3.05, 3.63) is 58.1 Å². The number of fused-ring (bicyclic) bond motifs is 1. The molecule has 0 spiro atoms. The smallest absolute Gasteiger partial charge is 0.227 e. The molecule has 6 nitrogen and oxygen atoms in total. The molecule has 1 unspecified atom stereocenters. The average Bonchev–Trinajstić information content (AvgIpc) is 3.72. The van der Waals surface area contributed by atoms with Gasteiger partial charge in [0.2, 0.25) is 5.91 Å². The average molecular weight is 488 g/mol. The molecule has 2 aliphatic heterocycles. The highest BCUT2D eigenvalue weighted by Gasteiger charge is 2.37. The van der Waals surface area contributed by atoms with Crippen molar-refractivity contribution >= 4 is 11.6 Å². The summed E-state index contributed by atoms with van der Waals surface area (Å²) in [6.45, 7) is 9.08. The second-order valence-corrected chi connectivity index (χ2v) is 11.0. The fraction of sp³-hybridized carbons (Fsp3) is 0.533. The summed E-state index contributed by atoms with van der Waals surface area (Å²) in [6, 6.07) is 12.7. The van der Waals surface area contributed by atoms with Crippen molar-refractivity contribution < 1.29 is 14.3 Å². The van der Waals surface area contributed by atoms with Crippen LogP contribution in [0.4, 0.5) is 5.69 Å². The van der Waals surface area contributed by atoms with E-state index >= 15 is 0 Å². The van der Waals surface area contributed by atoms with E-state index in [4.69, 9.17) is 9.47 Å². The summed E-state index contributed by atoms with van der Waals surface area (Å²) in [6.07, 6.45) is 4.39. The first kappa shape index (κ1) is 24.6. The Labute approximate surface area is 214 Å². The van der Waals surface area contributed by atoms with Crippen LogP contribution >= 0.6 is 0 Å². The highest BCUT2D eigenvalue weighted by Crippen LogP contribution is 2.47. The lowest BCUT2D eigenvalue weighted by Gasteiger charge is -2.43. The van der Waals surface area contributed by atoms with Crippen LogP contribution in [0.3, 0.4) is 0 Å². The zero-order valence-corrected chi connectivity index (χ0v) is 22.0. The normalized spacial score (nSPS) is 21.0. The van der Waals surface area contributed by atoms with E-state index in [0.717, 1.165) is 48.5 Å². The lowest BCUT2D eigenvalue weighted by atomic mass is 9.84. The van der Waals surface area contributed by atoms with E-state index < -0.39 is 0 Å². The summed E-state index contributed by atoms with van der Waals surface area (Å²) in [5.74, 6) is 1.47. The monoisotopic (exact) mass is 487 g/mol. The first-order valence-corrected chi connectivity index (χ1v) is 13.2. The molecule has 1 saturated carbocycles. The van der Waals surface area contributed by atoms with Gasteiger partial charge in [0.05, 0.1) is 37.0 Å². The van der Waals surface area contributed by atoms with E-state index in [1.54, 1.807) is 7.11 Å². The summed E-state index contributed by atoms with van der Waals surface area (Å²) in [5.41, 5.74) is 6.29. The zero-order chi connectivity index (χ0) is 25.4. The van der Waals surface area contributed by atoms with E-state index in [9.17, 15) is 10.1 Å². The Morgan fingerprint density at radius 2 is 2.00 bits per heavy atom. The highest BCUT2D eigenvalue weighted by atomic mass is 16.5. The predicted octanol–water partition coefficient (Wildman–Crippen LogP) is 4.97. The quantitative estimate of drug-likeness (QED) is 0.576. The number of amides is 1. The third-order valence-corrected chi connectivity index (χ3v) is 8.05. The lowest BCUT2D eigenvalue weighted by molar-refractivity contribution is -0.133. The SMILES string of the molecule is CCC1CN(c2cc(C3CC3)c3c(c2C#N)CC(C)(C)OC3)CCN1C(=O)Cc1ccccc1OC. The van der Waals surface area contributed by atoms with Gasteiger partial charge in [-0.05, 0) is 67.9 Å². The molecule has 0 N–H and O–H groups in total. The van der Waals surface area contributed by atoms with Gasteiger partial charge in [-0.15, -0.1) is 0 Å². The third kappa shape index (κ3) is 4.69. The van der Waals surface area contributed by atoms with Gasteiger partial charge in [0.25, 0.3) is 0 Å². The van der Waals surface area contributed by atoms with Crippen molar-refractivity contribution in [3.63, 3.8) is 0 Å². The minimum atomic E-state index is -0.270. The van der Waals surface area contributed by atoms with Crippen LogP contribution in [0.2, 0.25) is 0 Å². The van der Waals surface area contributed by atoms with Crippen LogP contribution in [0.5, 0.6) is 5.75 Å². The van der Waals surface area contributed by atoms with Crippen molar-refractivity contribution in [1.29, 1.82) is 5.26 Å². The van der Waals surface area contributed by atoms with Crippen LogP contribution in [-0.2, 0) is 29.0 Å². The van der Waals surface area contributed by atoms with Crippen LogP contribution in [0.25, 0.3) is 0 Å². The van der Waals surface area contributed by atoms with Crippen LogP contribution in [0.15, 0.2) is 30.3 Å². The standard InChI is InChI=1S/C30H37N3O3/c1-5-22-18-32(12-13-33(22)29(34)14-21-8-6-7-9-28(21)35-4)27-15-23(20-10-11-20)26-19-36-30(2,3)16-24(26)25(27)17-31/h6-9,15,20,22H,5,10-14,16,18-19H2,1-4H3. The van der Waals surface area contributed by atoms with E-state index in [1.807, 2.05) is 29.2 Å². The molecular weight excluding hydrogens is 450 g/mol. The maximum atomic E-state index is 13.4. The lowest BCUT2D eigenvalue weighted by Crippen LogP contribution is -2.55. The molecule has 2 fully saturated rings. The number of rotatable bonds is 6. The first-order valence-electron chi connectivity index (χ1n) is 13.2. The van der Waals surface area contributed by atoms with Gasteiger partial charge in [-0.3, -0.25) is 4.79 Å². The molecule has 1 amide bonds. The number of anilines is 1. The van der Waals surface area contributed by atoms with E-state index in [0.29, 0.717) is 25.5 Å². The molecule has 1 aliphatic carbocycles. The van der Waals surface area contributed by atoms with Crippen LogP contribution in [-0.4, -0.2) is 49.2 Å². The summed E-state index contributed by atoms with van der Waals surface area (Å²) in [5, 5.41) is 10.3. The van der Waals surface area contributed by atoms with E-state index in [-0.39, 0.29) is 17.6 Å². The molecule has 2 aromatic carbocycles. The van der Waals surface area contributed by atoms with E-state index in [2.05, 4.69) is 37.8 Å². The number of carbonyl (C=O) groups excluding carboxylic acids is 1. The molecule has 0 aromatic heterocycles. The van der Waals surface area contributed by atoms with Crippen LogP contribution in [0, 0.1) is 11.3 Å². The number of methoxy groups -OCH3 is 1. The summed E-state index contributed by atoms with van der Waals surface area (Å²) >= 11 is 0. The van der Waals surface area contributed by atoms with Gasteiger partial charge >= 0.3 is 0 Å². The molecule has 6 heteroatoms. The number of carbonyl (C=O) groups is 1. The number of piperazine rings is 1. The van der Waals surface area contributed by atoms with Gasteiger partial charge in [0, 0.05) is 37.7 Å². The number of ether oxygens (including phenoxy) is 2. The van der Waals surface area contributed by atoms with Crippen molar-refractivity contribution in [2.45, 2.75) is 77.0 Å². The Balaban J connectivity index is 1.41. The Morgan fingerprint density at radius 1 is 1.22 bits per heavy atom. The van der Waals surface area contributed by atoms with Gasteiger partial charge in [-0.25, -0.2) is 0 Å². The fourth-order valence-electron chi connectivity index (χ4n) is 5.89. The molecular formula is C30H37N3O3. The Hall–Kier alpha value is -3.04. The zero-order valence-electron chi connectivity index (χ0n) is 22.0. The Bertz CT molecular complexity index is 1190. The van der Waals surface area contributed by atoms with Crippen molar-refractivity contribution in [2.24, 2.45) is 0 Å². The maximum Gasteiger partial charge on any atom is 0.227 e. The molecule has 2 aromatic rings. The first-order chi connectivity index (χ1) is 17.3. The summed E-state index contributed by atoms with van der Waals surface area (Å²) in [7, 11) is 1.64. The maximum absolute atomic E-state index is 13.4. The van der Waals surface area contributed by atoms with Gasteiger partial charge in [0.1, 0.15) is 11.8 Å². The largest absolute Gasteiger partial charge is 0.496 e. The number of nitrogens with zero attached hydrogens (tertiary/aromatic N) is 3. The fourth-order valence-corrected chi connectivity index (χ4v) is 5.89. The second-order valence-electron chi connectivity index (χ2n) is 11.0. The van der Waals surface area contributed by atoms with Gasteiger partial charge < -0.3 is 19.3 Å². The molecule has 2 heterocycles. The van der Waals surface area contributed by atoms with Gasteiger partial charge in [-0.2, -0.15) is 5.26 Å². The number of nitriles is 1. The molecule has 0 bridgehead atoms. The van der Waals surface area contributed by atoms with Gasteiger partial charge in [-0.1, -0.05) is 25.1 Å². The summed E-state index contributed by atoms with van der Waals surface area (Å²) in [4.78, 5) is 17.8. The minimum Gasteiger partial charge on any atom is -0.496 e. The molecule has 3 aliphatic rings. The number of benzene rings is 2. The van der Waals surface area contributed by atoms with Crippen molar-refractivity contribution in [1.82, 2.24) is 4.90 Å². The molecule has 0 radical (unpaired) electrons. The number of hydrogen-bond acceptors (Lipinski definition) is 5. The Kier molecular flexibility index (Phi) is 6.70. The van der Waals surface area contributed by atoms with Gasteiger partial charge in [0.15, 0.2) is 0 Å². The topological polar surface area (TPSA) is 65.8 Å². The molecule has 1 atom stereocenters. The predicted molar refractivity (Wildman–Crippen MR) is 140 cm³/mol. The molecule has 1 saturated heterocycles. The molecule has 190 valence electrons. The second kappa shape index (κ2) is 9.78. The number of para-hydroxylation sites is 1. The third-order valence-electron chi connectivity index (χ3n) is 8.05. The van der Waals surface area contributed by atoms with Crippen molar-refractivity contribution in [3.8, 4) is 11.8 Å².